The monoisotopic (exact) mass is 477 g/mol. The second kappa shape index (κ2) is 17.5. The van der Waals surface area contributed by atoms with Crippen LogP contribution < -0.4 is 10.6 Å². The molecular weight excluding hydrogens is 441 g/mol. The fourth-order valence-electron chi connectivity index (χ4n) is 2.37. The highest BCUT2D eigenvalue weighted by Crippen LogP contribution is 2.11. The zero-order valence-electron chi connectivity index (χ0n) is 16.6. The number of nitrogens with zero attached hydrogens (tertiary/aromatic N) is 1. The van der Waals surface area contributed by atoms with Crippen molar-refractivity contribution >= 4 is 29.9 Å². The molecule has 0 saturated carbocycles. The van der Waals surface area contributed by atoms with E-state index < -0.39 is 0 Å². The van der Waals surface area contributed by atoms with Gasteiger partial charge in [-0.05, 0) is 44.2 Å². The zero-order chi connectivity index (χ0) is 18.2. The lowest BCUT2D eigenvalue weighted by Crippen LogP contribution is -2.37. The van der Waals surface area contributed by atoms with Crippen LogP contribution in [0.25, 0.3) is 0 Å². The van der Waals surface area contributed by atoms with Gasteiger partial charge in [0.25, 0.3) is 0 Å². The summed E-state index contributed by atoms with van der Waals surface area (Å²) in [5, 5.41) is 6.69. The molecule has 0 spiro atoms. The lowest BCUT2D eigenvalue weighted by molar-refractivity contribution is 0.121. The molecule has 0 aliphatic heterocycles. The van der Waals surface area contributed by atoms with E-state index in [-0.39, 0.29) is 24.0 Å². The Morgan fingerprint density at radius 1 is 0.962 bits per heavy atom. The van der Waals surface area contributed by atoms with Crippen LogP contribution in [0.4, 0.5) is 0 Å². The van der Waals surface area contributed by atoms with Crippen molar-refractivity contribution in [1.82, 2.24) is 10.6 Å². The van der Waals surface area contributed by atoms with E-state index in [9.17, 15) is 0 Å². The van der Waals surface area contributed by atoms with Gasteiger partial charge in [-0.25, -0.2) is 4.99 Å². The van der Waals surface area contributed by atoms with E-state index >= 15 is 0 Å². The topological polar surface area (TPSA) is 54.9 Å². The molecule has 0 aliphatic carbocycles. The Bertz CT molecular complexity index is 484. The van der Waals surface area contributed by atoms with Crippen molar-refractivity contribution in [1.29, 1.82) is 0 Å². The first kappa shape index (κ1) is 25.1. The van der Waals surface area contributed by atoms with Crippen LogP contribution in [-0.2, 0) is 22.6 Å². The van der Waals surface area contributed by atoms with E-state index in [1.54, 1.807) is 0 Å². The Balaban J connectivity index is 0.00000625. The highest BCUT2D eigenvalue weighted by Gasteiger charge is 2.03. The number of unbranched alkanes of at least 4 members (excludes halogenated alkanes) is 1. The summed E-state index contributed by atoms with van der Waals surface area (Å²) in [4.78, 5) is 4.71. The van der Waals surface area contributed by atoms with Crippen molar-refractivity contribution in [2.24, 2.45) is 4.99 Å². The quantitative estimate of drug-likeness (QED) is 0.194. The highest BCUT2D eigenvalue weighted by molar-refractivity contribution is 14.0. The number of ether oxygens (including phenoxy) is 2. The molecule has 5 nitrogen and oxygen atoms in total. The molecule has 0 aliphatic rings. The fourth-order valence-corrected chi connectivity index (χ4v) is 2.37. The molecule has 0 bridgehead atoms. The molecule has 2 N–H and O–H groups in total. The van der Waals surface area contributed by atoms with Crippen LogP contribution in [0.15, 0.2) is 29.3 Å². The Morgan fingerprint density at radius 3 is 2.42 bits per heavy atom. The maximum atomic E-state index is 5.68. The van der Waals surface area contributed by atoms with Crippen LogP contribution in [0.5, 0.6) is 0 Å². The van der Waals surface area contributed by atoms with Gasteiger partial charge in [0.15, 0.2) is 5.96 Å². The van der Waals surface area contributed by atoms with E-state index in [1.165, 1.54) is 11.1 Å². The van der Waals surface area contributed by atoms with Gasteiger partial charge in [-0.3, -0.25) is 0 Å². The van der Waals surface area contributed by atoms with Gasteiger partial charge < -0.3 is 20.1 Å². The lowest BCUT2D eigenvalue weighted by Gasteiger charge is -2.12. The summed E-state index contributed by atoms with van der Waals surface area (Å²) in [6.07, 6.45) is 3.18. The fraction of sp³-hybridized carbons (Fsp3) is 0.650. The van der Waals surface area contributed by atoms with Crippen LogP contribution >= 0.6 is 24.0 Å². The van der Waals surface area contributed by atoms with Gasteiger partial charge in [0, 0.05) is 32.9 Å². The Morgan fingerprint density at radius 2 is 1.73 bits per heavy atom. The van der Waals surface area contributed by atoms with Gasteiger partial charge in [0.1, 0.15) is 0 Å². The summed E-state index contributed by atoms with van der Waals surface area (Å²) in [6.45, 7) is 11.7. The van der Waals surface area contributed by atoms with E-state index in [2.05, 4.69) is 48.7 Å². The molecule has 6 heteroatoms. The highest BCUT2D eigenvalue weighted by atomic mass is 127. The van der Waals surface area contributed by atoms with Crippen molar-refractivity contribution in [2.45, 2.75) is 53.2 Å². The minimum Gasteiger partial charge on any atom is -0.382 e. The SMILES string of the molecule is CCCOCc1ccccc1CN=C(NCC)NCCCCOCC.I. The smallest absolute Gasteiger partial charge is 0.191 e. The zero-order valence-corrected chi connectivity index (χ0v) is 18.9. The maximum absolute atomic E-state index is 5.68. The van der Waals surface area contributed by atoms with E-state index in [1.807, 2.05) is 6.92 Å². The summed E-state index contributed by atoms with van der Waals surface area (Å²) >= 11 is 0. The number of guanidine groups is 1. The van der Waals surface area contributed by atoms with Crippen molar-refractivity contribution in [3.63, 3.8) is 0 Å². The molecule has 0 aromatic heterocycles. The third-order valence-corrected chi connectivity index (χ3v) is 3.69. The first-order chi connectivity index (χ1) is 12.3. The number of nitrogens with one attached hydrogen (secondary N) is 2. The molecule has 0 heterocycles. The molecule has 0 saturated heterocycles. The number of hydrogen-bond acceptors (Lipinski definition) is 3. The third kappa shape index (κ3) is 11.7. The molecule has 0 unspecified atom stereocenters. The molecule has 1 rings (SSSR count). The average molecular weight is 477 g/mol. The third-order valence-electron chi connectivity index (χ3n) is 3.69. The number of rotatable bonds is 13. The van der Waals surface area contributed by atoms with Crippen LogP contribution in [0, 0.1) is 0 Å². The van der Waals surface area contributed by atoms with Gasteiger partial charge in [-0.1, -0.05) is 31.2 Å². The molecule has 0 radical (unpaired) electrons. The Labute approximate surface area is 176 Å². The normalized spacial score (nSPS) is 11.1. The first-order valence-electron chi connectivity index (χ1n) is 9.56. The predicted octanol–water partition coefficient (Wildman–Crippen LogP) is 4.10. The number of hydrogen-bond donors (Lipinski definition) is 2. The van der Waals surface area contributed by atoms with E-state index in [0.29, 0.717) is 13.2 Å². The van der Waals surface area contributed by atoms with Crippen molar-refractivity contribution < 1.29 is 9.47 Å². The van der Waals surface area contributed by atoms with Crippen molar-refractivity contribution in [2.75, 3.05) is 32.9 Å². The maximum Gasteiger partial charge on any atom is 0.191 e. The summed E-state index contributed by atoms with van der Waals surface area (Å²) in [6, 6.07) is 8.36. The van der Waals surface area contributed by atoms with Gasteiger partial charge in [-0.15, -0.1) is 24.0 Å². The summed E-state index contributed by atoms with van der Waals surface area (Å²) in [5.41, 5.74) is 2.43. The van der Waals surface area contributed by atoms with Crippen LogP contribution in [0.2, 0.25) is 0 Å². The van der Waals surface area contributed by atoms with Gasteiger partial charge in [-0.2, -0.15) is 0 Å². The molecule has 0 atom stereocenters. The van der Waals surface area contributed by atoms with E-state index in [4.69, 9.17) is 14.5 Å². The minimum atomic E-state index is 0. The molecule has 1 aromatic carbocycles. The Kier molecular flexibility index (Phi) is 17.0. The van der Waals surface area contributed by atoms with Crippen LogP contribution in [0.3, 0.4) is 0 Å². The van der Waals surface area contributed by atoms with Gasteiger partial charge >= 0.3 is 0 Å². The Hall–Kier alpha value is -0.860. The van der Waals surface area contributed by atoms with Crippen molar-refractivity contribution in [3.05, 3.63) is 35.4 Å². The summed E-state index contributed by atoms with van der Waals surface area (Å²) in [5.74, 6) is 0.864. The molecular formula is C20H36IN3O2. The summed E-state index contributed by atoms with van der Waals surface area (Å²) < 4.78 is 11.0. The standard InChI is InChI=1S/C20H35N3O2.HI/c1-4-14-25-17-19-12-8-7-11-18(19)16-23-20(21-5-2)22-13-9-10-15-24-6-3;/h7-8,11-12H,4-6,9-10,13-17H2,1-3H3,(H2,21,22,23);1H. The number of halogens is 1. The lowest BCUT2D eigenvalue weighted by atomic mass is 10.1. The second-order valence-electron chi connectivity index (χ2n) is 5.85. The largest absolute Gasteiger partial charge is 0.382 e. The first-order valence-corrected chi connectivity index (χ1v) is 9.56. The molecule has 150 valence electrons. The molecule has 0 fully saturated rings. The minimum absolute atomic E-state index is 0. The average Bonchev–Trinajstić information content (AvgIpc) is 2.63. The molecule has 0 amide bonds. The van der Waals surface area contributed by atoms with Crippen LogP contribution in [-0.4, -0.2) is 38.9 Å². The van der Waals surface area contributed by atoms with E-state index in [0.717, 1.165) is 58.1 Å². The molecule has 1 aromatic rings. The predicted molar refractivity (Wildman–Crippen MR) is 120 cm³/mol. The van der Waals surface area contributed by atoms with Gasteiger partial charge in [0.05, 0.1) is 13.2 Å². The molecule has 26 heavy (non-hydrogen) atoms. The van der Waals surface area contributed by atoms with Gasteiger partial charge in [0.2, 0.25) is 0 Å². The summed E-state index contributed by atoms with van der Waals surface area (Å²) in [7, 11) is 0. The number of aliphatic imine (C=N–C) groups is 1. The second-order valence-corrected chi connectivity index (χ2v) is 5.85. The van der Waals surface area contributed by atoms with Crippen LogP contribution in [0.1, 0.15) is 51.2 Å². The van der Waals surface area contributed by atoms with Crippen molar-refractivity contribution in [3.8, 4) is 0 Å². The number of benzene rings is 1.